The first-order valence-electron chi connectivity index (χ1n) is 9.17. The van der Waals surface area contributed by atoms with Gasteiger partial charge in [-0.1, -0.05) is 12.1 Å². The Labute approximate surface area is 190 Å². The molecule has 178 valence electrons. The van der Waals surface area contributed by atoms with Gasteiger partial charge in [-0.25, -0.2) is 9.48 Å². The van der Waals surface area contributed by atoms with Crippen LogP contribution in [0.2, 0.25) is 0 Å². The molecular formula is C21H13F6N3O3S. The number of hydrogen-bond donors (Lipinski definition) is 1. The number of aromatic nitrogens is 3. The highest BCUT2D eigenvalue weighted by Gasteiger charge is 2.38. The van der Waals surface area contributed by atoms with E-state index in [0.717, 1.165) is 23.3 Å². The zero-order valence-corrected chi connectivity index (χ0v) is 17.8. The van der Waals surface area contributed by atoms with Gasteiger partial charge in [-0.2, -0.15) is 31.4 Å². The van der Waals surface area contributed by atoms with E-state index >= 15 is 0 Å². The molecule has 0 atom stereocenters. The number of rotatable bonds is 2. The van der Waals surface area contributed by atoms with E-state index in [-0.39, 0.29) is 5.56 Å². The van der Waals surface area contributed by atoms with Crippen molar-refractivity contribution in [2.24, 2.45) is 7.05 Å². The molecule has 0 aliphatic heterocycles. The Morgan fingerprint density at radius 2 is 1.53 bits per heavy atom. The van der Waals surface area contributed by atoms with Crippen LogP contribution in [0.5, 0.6) is 0 Å². The van der Waals surface area contributed by atoms with Crippen molar-refractivity contribution in [3.05, 3.63) is 70.1 Å². The third-order valence-corrected chi connectivity index (χ3v) is 5.47. The lowest BCUT2D eigenvalue weighted by Crippen LogP contribution is -2.21. The molecule has 1 N–H and O–H groups in total. The van der Waals surface area contributed by atoms with E-state index in [0.29, 0.717) is 21.3 Å². The van der Waals surface area contributed by atoms with Crippen LogP contribution >= 0.6 is 11.3 Å². The van der Waals surface area contributed by atoms with E-state index in [1.807, 2.05) is 5.38 Å². The van der Waals surface area contributed by atoms with Crippen molar-refractivity contribution >= 4 is 27.4 Å². The standard InChI is InChI=1S/C19H12F3N3OS.C2HF3O2/c1-25-18(26)15-14(11-6-8-23-9-7-11)10-27-17(15)16(24-25)12-2-4-13(5-3-12)19(20,21)22;3-2(4,5)1(6)7/h2-10H,1H3;(H,6,7). The average Bonchev–Trinajstić information content (AvgIpc) is 3.21. The Balaban J connectivity index is 0.000000406. The van der Waals surface area contributed by atoms with Gasteiger partial charge in [0.25, 0.3) is 5.56 Å². The van der Waals surface area contributed by atoms with Gasteiger partial charge in [0.15, 0.2) is 0 Å². The van der Waals surface area contributed by atoms with Gasteiger partial charge < -0.3 is 5.11 Å². The lowest BCUT2D eigenvalue weighted by atomic mass is 10.0. The molecule has 0 spiro atoms. The van der Waals surface area contributed by atoms with E-state index in [9.17, 15) is 31.1 Å². The van der Waals surface area contributed by atoms with Crippen LogP contribution in [-0.4, -0.2) is 32.0 Å². The summed E-state index contributed by atoms with van der Waals surface area (Å²) in [6, 6.07) is 8.40. The summed E-state index contributed by atoms with van der Waals surface area (Å²) in [5.41, 5.74) is 1.62. The SMILES string of the molecule is Cn1nc(-c2ccc(C(F)(F)F)cc2)c2scc(-c3ccncc3)c2c1=O.O=C(O)C(F)(F)F. The molecule has 0 fully saturated rings. The fourth-order valence-corrected chi connectivity index (χ4v) is 3.97. The minimum Gasteiger partial charge on any atom is -0.475 e. The van der Waals surface area contributed by atoms with E-state index in [4.69, 9.17) is 9.90 Å². The summed E-state index contributed by atoms with van der Waals surface area (Å²) in [4.78, 5) is 25.6. The monoisotopic (exact) mass is 501 g/mol. The predicted molar refractivity (Wildman–Crippen MR) is 112 cm³/mol. The molecule has 0 saturated heterocycles. The summed E-state index contributed by atoms with van der Waals surface area (Å²) in [5, 5.41) is 13.8. The van der Waals surface area contributed by atoms with Gasteiger partial charge in [0.05, 0.1) is 15.6 Å². The summed E-state index contributed by atoms with van der Waals surface area (Å²) < 4.78 is 72.1. The molecule has 6 nitrogen and oxygen atoms in total. The van der Waals surface area contributed by atoms with E-state index in [2.05, 4.69) is 10.1 Å². The van der Waals surface area contributed by atoms with Gasteiger partial charge in [-0.05, 0) is 29.8 Å². The molecule has 0 aliphatic rings. The van der Waals surface area contributed by atoms with Gasteiger partial charge in [-0.3, -0.25) is 9.78 Å². The molecule has 13 heteroatoms. The topological polar surface area (TPSA) is 85.1 Å². The van der Waals surface area contributed by atoms with E-state index in [1.165, 1.54) is 35.2 Å². The van der Waals surface area contributed by atoms with Gasteiger partial charge in [0.1, 0.15) is 5.69 Å². The highest BCUT2D eigenvalue weighted by Crippen LogP contribution is 2.37. The number of aliphatic carboxylic acids is 1. The second kappa shape index (κ2) is 9.25. The van der Waals surface area contributed by atoms with Gasteiger partial charge in [0, 0.05) is 35.9 Å². The van der Waals surface area contributed by atoms with Crippen LogP contribution in [0.3, 0.4) is 0 Å². The molecule has 1 aromatic carbocycles. The highest BCUT2D eigenvalue weighted by atomic mass is 32.1. The number of carboxylic acids is 1. The van der Waals surface area contributed by atoms with Crippen molar-refractivity contribution in [2.75, 3.05) is 0 Å². The molecule has 4 rings (SSSR count). The number of pyridine rings is 1. The molecule has 0 radical (unpaired) electrons. The Morgan fingerprint density at radius 3 is 2.03 bits per heavy atom. The zero-order valence-electron chi connectivity index (χ0n) is 17.0. The third kappa shape index (κ3) is 5.25. The van der Waals surface area contributed by atoms with E-state index < -0.39 is 23.9 Å². The second-order valence-electron chi connectivity index (χ2n) is 6.74. The number of nitrogens with zero attached hydrogens (tertiary/aromatic N) is 3. The Bertz CT molecular complexity index is 1380. The minimum atomic E-state index is -5.08. The maximum Gasteiger partial charge on any atom is 0.490 e. The molecule has 4 aromatic rings. The average molecular weight is 501 g/mol. The van der Waals surface area contributed by atoms with Crippen LogP contribution in [0.15, 0.2) is 59.0 Å². The molecule has 3 aromatic heterocycles. The van der Waals surface area contributed by atoms with Crippen molar-refractivity contribution in [1.29, 1.82) is 0 Å². The van der Waals surface area contributed by atoms with Crippen molar-refractivity contribution in [2.45, 2.75) is 12.4 Å². The molecule has 0 bridgehead atoms. The molecule has 0 unspecified atom stereocenters. The van der Waals surface area contributed by atoms with Crippen LogP contribution < -0.4 is 5.56 Å². The van der Waals surface area contributed by atoms with Crippen LogP contribution in [0.1, 0.15) is 5.56 Å². The molecule has 0 saturated carbocycles. The smallest absolute Gasteiger partial charge is 0.475 e. The summed E-state index contributed by atoms with van der Waals surface area (Å²) in [7, 11) is 1.53. The van der Waals surface area contributed by atoms with E-state index in [1.54, 1.807) is 24.5 Å². The van der Waals surface area contributed by atoms with Gasteiger partial charge >= 0.3 is 18.3 Å². The first-order valence-corrected chi connectivity index (χ1v) is 10.1. The molecular weight excluding hydrogens is 488 g/mol. The fourth-order valence-electron chi connectivity index (χ4n) is 2.90. The van der Waals surface area contributed by atoms with Crippen molar-refractivity contribution < 1.29 is 36.2 Å². The zero-order chi connectivity index (χ0) is 25.3. The number of halogens is 6. The highest BCUT2D eigenvalue weighted by molar-refractivity contribution is 7.18. The Morgan fingerprint density at radius 1 is 0.971 bits per heavy atom. The predicted octanol–water partition coefficient (Wildman–Crippen LogP) is 5.38. The minimum absolute atomic E-state index is 0.256. The maximum absolute atomic E-state index is 12.8. The maximum atomic E-state index is 12.8. The van der Waals surface area contributed by atoms with Crippen molar-refractivity contribution in [1.82, 2.24) is 14.8 Å². The fraction of sp³-hybridized carbons (Fsp3) is 0.143. The van der Waals surface area contributed by atoms with Crippen LogP contribution in [0.25, 0.3) is 32.5 Å². The molecule has 34 heavy (non-hydrogen) atoms. The number of hydrogen-bond acceptors (Lipinski definition) is 5. The van der Waals surface area contributed by atoms with Crippen LogP contribution in [-0.2, 0) is 18.0 Å². The summed E-state index contributed by atoms with van der Waals surface area (Å²) in [5.74, 6) is -2.76. The summed E-state index contributed by atoms with van der Waals surface area (Å²) in [6.45, 7) is 0. The quantitative estimate of drug-likeness (QED) is 0.373. The van der Waals surface area contributed by atoms with Crippen molar-refractivity contribution in [3.63, 3.8) is 0 Å². The number of aryl methyl sites for hydroxylation is 1. The molecule has 0 aliphatic carbocycles. The lowest BCUT2D eigenvalue weighted by molar-refractivity contribution is -0.192. The van der Waals surface area contributed by atoms with Gasteiger partial charge in [-0.15, -0.1) is 11.3 Å². The molecule has 0 amide bonds. The molecule has 3 heterocycles. The largest absolute Gasteiger partial charge is 0.490 e. The Kier molecular flexibility index (Phi) is 6.77. The number of thiophene rings is 1. The summed E-state index contributed by atoms with van der Waals surface area (Å²) in [6.07, 6.45) is -6.20. The lowest BCUT2D eigenvalue weighted by Gasteiger charge is -2.09. The number of alkyl halides is 6. The summed E-state index contributed by atoms with van der Waals surface area (Å²) >= 11 is 1.34. The van der Waals surface area contributed by atoms with Crippen LogP contribution in [0.4, 0.5) is 26.3 Å². The second-order valence-corrected chi connectivity index (χ2v) is 7.62. The van der Waals surface area contributed by atoms with Crippen LogP contribution in [0, 0.1) is 0 Å². The number of carboxylic acid groups (broad SMARTS) is 1. The number of fused-ring (bicyclic) bond motifs is 1. The first kappa shape index (κ1) is 24.9. The number of benzene rings is 1. The Hall–Kier alpha value is -3.74. The van der Waals surface area contributed by atoms with Gasteiger partial charge in [0.2, 0.25) is 0 Å². The number of carbonyl (C=O) groups is 1. The normalized spacial score (nSPS) is 11.7. The first-order chi connectivity index (χ1) is 15.8. The van der Waals surface area contributed by atoms with Crippen molar-refractivity contribution in [3.8, 4) is 22.4 Å². The third-order valence-electron chi connectivity index (χ3n) is 4.48.